The predicted octanol–water partition coefficient (Wildman–Crippen LogP) is 2.03. The lowest BCUT2D eigenvalue weighted by Gasteiger charge is -2.23. The van der Waals surface area contributed by atoms with Crippen LogP contribution in [0.25, 0.3) is 0 Å². The zero-order valence-electron chi connectivity index (χ0n) is 13.5. The molecule has 2 atom stereocenters. The van der Waals surface area contributed by atoms with Crippen molar-refractivity contribution < 1.29 is 23.8 Å². The first-order chi connectivity index (χ1) is 10.3. The van der Waals surface area contributed by atoms with Crippen molar-refractivity contribution in [2.24, 2.45) is 5.92 Å². The Kier molecular flexibility index (Phi) is 6.91. The molecule has 2 N–H and O–H groups in total. The number of nitrogens with one attached hydrogen (secondary N) is 1. The molecule has 124 valence electrons. The predicted molar refractivity (Wildman–Crippen MR) is 80.6 cm³/mol. The highest BCUT2D eigenvalue weighted by molar-refractivity contribution is 5.76. The number of rotatable bonds is 8. The first-order valence-electron chi connectivity index (χ1n) is 7.14. The minimum Gasteiger partial charge on any atom is -0.481 e. The number of nitrogens with zero attached hydrogens (tertiary/aromatic N) is 1. The van der Waals surface area contributed by atoms with E-state index in [-0.39, 0.29) is 18.6 Å². The highest BCUT2D eigenvalue weighted by Crippen LogP contribution is 2.20. The largest absolute Gasteiger partial charge is 0.481 e. The van der Waals surface area contributed by atoms with Gasteiger partial charge in [0, 0.05) is 27.3 Å². The highest BCUT2D eigenvalue weighted by atomic mass is 16.5. The van der Waals surface area contributed by atoms with Crippen LogP contribution in [-0.4, -0.2) is 49.3 Å². The minimum atomic E-state index is -0.933. The maximum atomic E-state index is 12.2. The fourth-order valence-corrected chi connectivity index (χ4v) is 1.99. The standard InChI is InChI=1S/C15H24N2O5/c1-10(14(18)19)9-17(3)15(20)16-12(7-8-21-4)13-6-5-11(2)22-13/h5-6,10,12H,7-9H2,1-4H3,(H,16,20)(H,18,19). The van der Waals surface area contributed by atoms with Crippen LogP contribution < -0.4 is 5.32 Å². The van der Waals surface area contributed by atoms with Gasteiger partial charge < -0.3 is 24.5 Å². The lowest BCUT2D eigenvalue weighted by molar-refractivity contribution is -0.141. The summed E-state index contributed by atoms with van der Waals surface area (Å²) in [5.41, 5.74) is 0. The second-order valence-corrected chi connectivity index (χ2v) is 5.35. The average molecular weight is 312 g/mol. The maximum absolute atomic E-state index is 12.2. The van der Waals surface area contributed by atoms with Crippen molar-refractivity contribution in [3.8, 4) is 0 Å². The van der Waals surface area contributed by atoms with Crippen LogP contribution in [0, 0.1) is 12.8 Å². The summed E-state index contributed by atoms with van der Waals surface area (Å²) >= 11 is 0. The third-order valence-corrected chi connectivity index (χ3v) is 3.33. The van der Waals surface area contributed by atoms with Gasteiger partial charge in [-0.1, -0.05) is 6.92 Å². The Balaban J connectivity index is 2.68. The van der Waals surface area contributed by atoms with Crippen molar-refractivity contribution in [2.45, 2.75) is 26.3 Å². The molecular formula is C15H24N2O5. The average Bonchev–Trinajstić information content (AvgIpc) is 2.89. The minimum absolute atomic E-state index is 0.134. The van der Waals surface area contributed by atoms with Crippen LogP contribution in [0.2, 0.25) is 0 Å². The molecule has 1 aromatic heterocycles. The second-order valence-electron chi connectivity index (χ2n) is 5.35. The molecule has 0 aliphatic heterocycles. The number of ether oxygens (including phenoxy) is 1. The third kappa shape index (κ3) is 5.40. The van der Waals surface area contributed by atoms with Crippen LogP contribution in [0.5, 0.6) is 0 Å². The molecule has 22 heavy (non-hydrogen) atoms. The molecule has 0 spiro atoms. The smallest absolute Gasteiger partial charge is 0.317 e. The number of hydrogen-bond donors (Lipinski definition) is 2. The van der Waals surface area contributed by atoms with Gasteiger partial charge in [-0.15, -0.1) is 0 Å². The highest BCUT2D eigenvalue weighted by Gasteiger charge is 2.22. The second kappa shape index (κ2) is 8.43. The molecule has 0 aliphatic rings. The number of carbonyl (C=O) groups is 2. The fourth-order valence-electron chi connectivity index (χ4n) is 1.99. The van der Waals surface area contributed by atoms with Crippen LogP contribution in [0.3, 0.4) is 0 Å². The van der Waals surface area contributed by atoms with Gasteiger partial charge in [0.15, 0.2) is 0 Å². The van der Waals surface area contributed by atoms with Crippen LogP contribution in [-0.2, 0) is 9.53 Å². The Morgan fingerprint density at radius 2 is 2.14 bits per heavy atom. The topological polar surface area (TPSA) is 92.0 Å². The number of carbonyl (C=O) groups excluding carboxylic acids is 1. The van der Waals surface area contributed by atoms with Crippen LogP contribution >= 0.6 is 0 Å². The summed E-state index contributed by atoms with van der Waals surface area (Å²) in [6.07, 6.45) is 0.567. The van der Waals surface area contributed by atoms with E-state index in [1.54, 1.807) is 21.1 Å². The molecule has 2 amide bonds. The lowest BCUT2D eigenvalue weighted by Crippen LogP contribution is -2.42. The number of urea groups is 1. The van der Waals surface area contributed by atoms with Crippen molar-refractivity contribution in [3.05, 3.63) is 23.7 Å². The van der Waals surface area contributed by atoms with Gasteiger partial charge in [-0.3, -0.25) is 4.79 Å². The van der Waals surface area contributed by atoms with E-state index < -0.39 is 11.9 Å². The maximum Gasteiger partial charge on any atom is 0.317 e. The van der Waals surface area contributed by atoms with Gasteiger partial charge in [-0.2, -0.15) is 0 Å². The molecular weight excluding hydrogens is 288 g/mol. The van der Waals surface area contributed by atoms with Crippen molar-refractivity contribution in [1.82, 2.24) is 10.2 Å². The van der Waals surface area contributed by atoms with Gasteiger partial charge in [0.25, 0.3) is 0 Å². The van der Waals surface area contributed by atoms with Gasteiger partial charge in [-0.25, -0.2) is 4.79 Å². The molecule has 0 bridgehead atoms. The number of aliphatic carboxylic acids is 1. The summed E-state index contributed by atoms with van der Waals surface area (Å²) < 4.78 is 10.6. The summed E-state index contributed by atoms with van der Waals surface area (Å²) in [4.78, 5) is 24.4. The number of carboxylic acid groups (broad SMARTS) is 1. The molecule has 0 saturated heterocycles. The van der Waals surface area contributed by atoms with E-state index in [4.69, 9.17) is 14.3 Å². The molecule has 2 unspecified atom stereocenters. The zero-order chi connectivity index (χ0) is 16.7. The van der Waals surface area contributed by atoms with Crippen molar-refractivity contribution in [1.29, 1.82) is 0 Å². The quantitative estimate of drug-likeness (QED) is 0.766. The summed E-state index contributed by atoms with van der Waals surface area (Å²) in [5, 5.41) is 11.7. The zero-order valence-corrected chi connectivity index (χ0v) is 13.5. The van der Waals surface area contributed by atoms with E-state index in [0.717, 1.165) is 5.76 Å². The van der Waals surface area contributed by atoms with Gasteiger partial charge >= 0.3 is 12.0 Å². The number of hydrogen-bond acceptors (Lipinski definition) is 4. The first-order valence-corrected chi connectivity index (χ1v) is 7.14. The molecule has 0 saturated carbocycles. The lowest BCUT2D eigenvalue weighted by atomic mass is 10.1. The Labute approximate surface area is 130 Å². The first kappa shape index (κ1) is 18.0. The summed E-state index contributed by atoms with van der Waals surface area (Å²) in [5.74, 6) is -0.140. The van der Waals surface area contributed by atoms with E-state index in [2.05, 4.69) is 5.32 Å². The van der Waals surface area contributed by atoms with E-state index in [9.17, 15) is 9.59 Å². The van der Waals surface area contributed by atoms with E-state index >= 15 is 0 Å². The van der Waals surface area contributed by atoms with E-state index in [1.165, 1.54) is 4.90 Å². The number of furan rings is 1. The normalized spacial score (nSPS) is 13.5. The summed E-state index contributed by atoms with van der Waals surface area (Å²) in [6, 6.07) is 2.99. The third-order valence-electron chi connectivity index (χ3n) is 3.33. The summed E-state index contributed by atoms with van der Waals surface area (Å²) in [6.45, 7) is 4.00. The fraction of sp³-hybridized carbons (Fsp3) is 0.600. The van der Waals surface area contributed by atoms with Crippen LogP contribution in [0.1, 0.15) is 30.9 Å². The van der Waals surface area contributed by atoms with Gasteiger partial charge in [0.1, 0.15) is 11.5 Å². The van der Waals surface area contributed by atoms with E-state index in [1.807, 2.05) is 19.1 Å². The number of amides is 2. The van der Waals surface area contributed by atoms with Crippen molar-refractivity contribution >= 4 is 12.0 Å². The Morgan fingerprint density at radius 1 is 1.45 bits per heavy atom. The van der Waals surface area contributed by atoms with E-state index in [0.29, 0.717) is 18.8 Å². The Morgan fingerprint density at radius 3 is 2.64 bits per heavy atom. The van der Waals surface area contributed by atoms with Crippen LogP contribution in [0.4, 0.5) is 4.79 Å². The molecule has 0 aromatic carbocycles. The van der Waals surface area contributed by atoms with Gasteiger partial charge in [0.2, 0.25) is 0 Å². The van der Waals surface area contributed by atoms with Gasteiger partial charge in [0.05, 0.1) is 12.0 Å². The summed E-state index contributed by atoms with van der Waals surface area (Å²) in [7, 11) is 3.16. The Hall–Kier alpha value is -2.02. The molecule has 1 aromatic rings. The monoisotopic (exact) mass is 312 g/mol. The van der Waals surface area contributed by atoms with Crippen molar-refractivity contribution in [3.63, 3.8) is 0 Å². The molecule has 0 radical (unpaired) electrons. The number of methoxy groups -OCH3 is 1. The number of aryl methyl sites for hydroxylation is 1. The SMILES string of the molecule is COCCC(NC(=O)N(C)CC(C)C(=O)O)c1ccc(C)o1. The molecule has 1 heterocycles. The van der Waals surface area contributed by atoms with Crippen LogP contribution in [0.15, 0.2) is 16.5 Å². The Bertz CT molecular complexity index is 500. The molecule has 1 rings (SSSR count). The molecule has 0 fully saturated rings. The van der Waals surface area contributed by atoms with Gasteiger partial charge in [-0.05, 0) is 25.5 Å². The molecule has 7 heteroatoms. The molecule has 0 aliphatic carbocycles. The molecule has 7 nitrogen and oxygen atoms in total. The number of carboxylic acids is 1. The van der Waals surface area contributed by atoms with Crippen molar-refractivity contribution in [2.75, 3.05) is 27.3 Å².